The third-order valence-electron chi connectivity index (χ3n) is 14.9. The number of benzene rings is 10. The molecule has 3 unspecified atom stereocenters. The standard InChI is InChI=1S/C44H32P2.C19H23NP.C5H10.BF4.ClH.Fe.Ru/c1-5-19-35(20-6-1)45(36-21-7-2-8-22-36)41-31-29-33-17-13-15-27-39(33)43(41)44-40-28-16-14-18-34(40)30-32-42(44)46(37-23-9-3-10-24-37)38-25-11-4-12-26-38;1-15(20)18-13-8-14-19(18)21(16-9-4-2-5-10-16)17-11-6-3-7-12-17;1-2-4-5-3-1;2-1(3,4)5;;;/h1-32H;2-7,9-12,15,18-20H,8,13-14H2,1H3;1-5H2;;1H;;/q;-1;;-1;;;+3/p+2. The predicted molar refractivity (Wildman–Crippen MR) is 342 cm³/mol. The van der Waals surface area contributed by atoms with Crippen molar-refractivity contribution in [3.63, 3.8) is 0 Å². The molecule has 2 aliphatic carbocycles. The van der Waals surface area contributed by atoms with Crippen LogP contribution in [0, 0.1) is 5.92 Å². The van der Waals surface area contributed by atoms with Gasteiger partial charge in [0, 0.05) is 28.2 Å². The van der Waals surface area contributed by atoms with E-state index < -0.39 is 31.0 Å². The molecule has 0 aromatic heterocycles. The quantitative estimate of drug-likeness (QED) is 0.0700. The van der Waals surface area contributed by atoms with E-state index in [1.165, 1.54) is 126 Å². The van der Waals surface area contributed by atoms with Gasteiger partial charge < -0.3 is 23.0 Å². The molecular formula is C68H68BClF4FeNP3Ru+3. The van der Waals surface area contributed by atoms with Crippen LogP contribution < -0.4 is 42.4 Å². The minimum absolute atomic E-state index is 0. The Morgan fingerprint density at radius 1 is 0.400 bits per heavy atom. The Kier molecular flexibility index (Phi) is 25.2. The molecule has 0 aliphatic heterocycles. The maximum atomic E-state index is 9.75. The van der Waals surface area contributed by atoms with E-state index in [1.54, 1.807) is 0 Å². The average Bonchev–Trinajstić information content (AvgIpc) is 4.32. The fraction of sp³-hybridized carbons (Fsp3) is 0.176. The second kappa shape index (κ2) is 32.1. The zero-order valence-electron chi connectivity index (χ0n) is 44.8. The van der Waals surface area contributed by atoms with Crippen LogP contribution in [0.5, 0.6) is 0 Å². The summed E-state index contributed by atoms with van der Waals surface area (Å²) in [6, 6.07) is 94.3. The molecule has 2 fully saturated rings. The molecule has 411 valence electrons. The first-order valence-electron chi connectivity index (χ1n) is 27.3. The van der Waals surface area contributed by atoms with Crippen molar-refractivity contribution in [3.05, 3.63) is 261 Å². The van der Waals surface area contributed by atoms with Crippen LogP contribution in [-0.2, 0) is 34.4 Å². The van der Waals surface area contributed by atoms with E-state index in [4.69, 9.17) is 5.73 Å². The number of hydrogen-bond acceptors (Lipinski definition) is 0. The Hall–Kier alpha value is -4.81. The van der Waals surface area contributed by atoms with Crippen LogP contribution >= 0.6 is 33.5 Å². The van der Waals surface area contributed by atoms with Gasteiger partial charge in [0.1, 0.15) is 31.8 Å². The third kappa shape index (κ3) is 16.9. The molecule has 2 saturated carbocycles. The van der Waals surface area contributed by atoms with Crippen LogP contribution in [0.25, 0.3) is 38.4 Å². The van der Waals surface area contributed by atoms with Gasteiger partial charge in [0.15, 0.2) is 0 Å². The maximum Gasteiger partial charge on any atom is 0.111 e. The molecule has 80 heavy (non-hydrogen) atoms. The molecular weight excluding hydrogens is 1200 g/mol. The number of nitrogens with one attached hydrogen (secondary N) is 1. The van der Waals surface area contributed by atoms with Crippen molar-refractivity contribution in [3.8, 4) is 11.1 Å². The molecule has 3 atom stereocenters. The minimum Gasteiger partial charge on any atom is -0.0620 e. The molecule has 0 heterocycles. The van der Waals surface area contributed by atoms with Gasteiger partial charge in [0.2, 0.25) is 0 Å². The Labute approximate surface area is 500 Å². The molecule has 1 nitrogen and oxygen atoms in total. The van der Waals surface area contributed by atoms with E-state index in [1.807, 2.05) is 17.3 Å². The number of rotatable bonds is 11. The monoisotopic (exact) mass is 1270 g/mol. The molecule has 1 N–H and O–H groups in total. The van der Waals surface area contributed by atoms with Gasteiger partial charge >= 0.3 is 34.3 Å². The van der Waals surface area contributed by atoms with Crippen molar-refractivity contribution in [1.29, 1.82) is 0 Å². The molecule has 10 aromatic rings. The molecule has 0 saturated heterocycles. The molecule has 10 aromatic carbocycles. The largest absolute Gasteiger partial charge is 0.111 e. The molecule has 0 spiro atoms. The summed E-state index contributed by atoms with van der Waals surface area (Å²) < 4.78 is 39.0. The van der Waals surface area contributed by atoms with Gasteiger partial charge in [-0.25, -0.2) is 0 Å². The maximum absolute atomic E-state index is 9.75. The van der Waals surface area contributed by atoms with Gasteiger partial charge in [0.05, 0.1) is 40.0 Å². The fourth-order valence-corrected chi connectivity index (χ4v) is 20.7. The Bertz CT molecular complexity index is 3090. The average molecular weight is 1270 g/mol. The SMILES string of the molecule is C1CCCC1.CC([NH-])C1CCCC1[PH+](c1ccccc1)c1ccccc1.F[B-](F)(F)F.[Cl][Ru+2].[Fe].c1ccc([PH+](c2ccccc2)c2ccc3ccccc3c2-c2c([PH+](c3ccccc3)c3ccccc3)ccc3ccccc23)cc1. The summed E-state index contributed by atoms with van der Waals surface area (Å²) in [4.78, 5) is 0. The Balaban J connectivity index is 0.000000224. The molecule has 0 amide bonds. The van der Waals surface area contributed by atoms with E-state index >= 15 is 0 Å². The van der Waals surface area contributed by atoms with E-state index in [0.29, 0.717) is 11.6 Å². The minimum atomic E-state index is -6.00. The Morgan fingerprint density at radius 2 is 0.675 bits per heavy atom. The summed E-state index contributed by atoms with van der Waals surface area (Å²) in [7, 11) is -4.96. The summed E-state index contributed by atoms with van der Waals surface area (Å²) >= 11 is 1.82. The van der Waals surface area contributed by atoms with Crippen LogP contribution in [0.1, 0.15) is 58.3 Å². The van der Waals surface area contributed by atoms with Gasteiger partial charge in [-0.2, -0.15) is 0 Å². The van der Waals surface area contributed by atoms with Crippen LogP contribution in [0.4, 0.5) is 17.3 Å². The summed E-state index contributed by atoms with van der Waals surface area (Å²) in [5.74, 6) is 0.569. The molecule has 2 aliphatic rings. The molecule has 12 rings (SSSR count). The van der Waals surface area contributed by atoms with Crippen molar-refractivity contribution in [2.75, 3.05) is 0 Å². The van der Waals surface area contributed by atoms with Crippen LogP contribution in [0.3, 0.4) is 0 Å². The van der Waals surface area contributed by atoms with Gasteiger partial charge in [-0.1, -0.05) is 209 Å². The van der Waals surface area contributed by atoms with E-state index in [-0.39, 0.29) is 23.1 Å². The van der Waals surface area contributed by atoms with E-state index in [0.717, 1.165) is 0 Å². The second-order valence-electron chi connectivity index (χ2n) is 20.0. The number of hydrogen-bond donors (Lipinski definition) is 0. The van der Waals surface area contributed by atoms with Crippen molar-refractivity contribution in [1.82, 2.24) is 0 Å². The summed E-state index contributed by atoms with van der Waals surface area (Å²) in [5, 5.41) is 16.6. The Morgan fingerprint density at radius 3 is 0.975 bits per heavy atom. The first-order valence-corrected chi connectivity index (χ1v) is 34.1. The van der Waals surface area contributed by atoms with Crippen molar-refractivity contribution in [2.45, 2.75) is 70.0 Å². The fourth-order valence-electron chi connectivity index (χ4n) is 11.5. The number of fused-ring (bicyclic) bond motifs is 2. The zero-order chi connectivity index (χ0) is 55.4. The van der Waals surface area contributed by atoms with E-state index in [9.17, 15) is 17.3 Å². The van der Waals surface area contributed by atoms with Crippen molar-refractivity contribution >= 4 is 105 Å². The summed E-state index contributed by atoms with van der Waals surface area (Å²) in [5.41, 5.74) is 11.7. The predicted octanol–water partition coefficient (Wildman–Crippen LogP) is 17.0. The van der Waals surface area contributed by atoms with Crippen LogP contribution in [0.15, 0.2) is 255 Å². The van der Waals surface area contributed by atoms with Gasteiger partial charge in [0.25, 0.3) is 0 Å². The van der Waals surface area contributed by atoms with Crippen molar-refractivity contribution in [2.24, 2.45) is 5.92 Å². The van der Waals surface area contributed by atoms with Gasteiger partial charge in [-0.05, 0) is 132 Å². The number of halogens is 5. The first kappa shape index (κ1) is 62.8. The first-order chi connectivity index (χ1) is 38.6. The van der Waals surface area contributed by atoms with Crippen LogP contribution in [-0.4, -0.2) is 19.0 Å². The van der Waals surface area contributed by atoms with E-state index in [2.05, 4.69) is 271 Å². The molecule has 12 heteroatoms. The normalized spacial score (nSPS) is 15.0. The topological polar surface area (TPSA) is 23.8 Å². The zero-order valence-corrected chi connectivity index (χ0v) is 51.4. The van der Waals surface area contributed by atoms with Gasteiger partial charge in [-0.15, -0.1) is 6.04 Å². The molecule has 0 radical (unpaired) electrons. The summed E-state index contributed by atoms with van der Waals surface area (Å²) in [6.07, 6.45) is 11.3. The van der Waals surface area contributed by atoms with Crippen molar-refractivity contribution < 1.29 is 51.6 Å². The van der Waals surface area contributed by atoms with Crippen LogP contribution in [0.2, 0.25) is 0 Å². The summed E-state index contributed by atoms with van der Waals surface area (Å²) in [6.45, 7) is 2.08. The van der Waals surface area contributed by atoms with Gasteiger partial charge in [-0.3, -0.25) is 0 Å². The second-order valence-corrected chi connectivity index (χ2v) is 27.6. The smallest absolute Gasteiger partial charge is 0.0620 e. The third-order valence-corrected chi connectivity index (χ3v) is 23.8. The molecule has 0 bridgehead atoms.